The maximum Gasteiger partial charge on any atom is 0.120 e. The molecule has 0 atom stereocenters. The van der Waals surface area contributed by atoms with Crippen molar-refractivity contribution in [3.63, 3.8) is 0 Å². The van der Waals surface area contributed by atoms with Gasteiger partial charge in [0.15, 0.2) is 0 Å². The third-order valence-corrected chi connectivity index (χ3v) is 2.73. The summed E-state index contributed by atoms with van der Waals surface area (Å²) in [5.74, 6) is 0.889. The zero-order chi connectivity index (χ0) is 12.3. The Bertz CT molecular complexity index is 523. The molecule has 3 nitrogen and oxygen atoms in total. The molecule has 0 spiro atoms. The molecule has 90 valence electrons. The van der Waals surface area contributed by atoms with E-state index in [0.29, 0.717) is 13.2 Å². The summed E-state index contributed by atoms with van der Waals surface area (Å²) in [6.07, 6.45) is 0.878. The number of pyridine rings is 1. The molecule has 2 N–H and O–H groups in total. The van der Waals surface area contributed by atoms with Crippen LogP contribution in [0.4, 0.5) is 0 Å². The Hall–Kier alpha value is -1.61. The molecule has 0 saturated heterocycles. The molecule has 0 aliphatic rings. The zero-order valence-corrected chi connectivity index (χ0v) is 10.4. The van der Waals surface area contributed by atoms with E-state index >= 15 is 0 Å². The van der Waals surface area contributed by atoms with Gasteiger partial charge < -0.3 is 10.5 Å². The summed E-state index contributed by atoms with van der Waals surface area (Å²) in [5.41, 5.74) is 8.74. The van der Waals surface area contributed by atoms with Crippen molar-refractivity contribution in [3.8, 4) is 5.75 Å². The Morgan fingerprint density at radius 3 is 2.82 bits per heavy atom. The standard InChI is InChI=1S/C14H18N2O/c1-10-8-11(2)16-14-5-4-12(9-13(10)14)17-7-3-6-15/h4-5,8-9H,3,6-7,15H2,1-2H3. The lowest BCUT2D eigenvalue weighted by molar-refractivity contribution is 0.314. The average Bonchev–Trinajstić information content (AvgIpc) is 2.30. The fourth-order valence-corrected chi connectivity index (χ4v) is 1.90. The van der Waals surface area contributed by atoms with E-state index < -0.39 is 0 Å². The van der Waals surface area contributed by atoms with Gasteiger partial charge in [0.2, 0.25) is 0 Å². The van der Waals surface area contributed by atoms with Crippen molar-refractivity contribution < 1.29 is 4.74 Å². The lowest BCUT2D eigenvalue weighted by Crippen LogP contribution is -2.06. The third-order valence-electron chi connectivity index (χ3n) is 2.73. The van der Waals surface area contributed by atoms with Crippen molar-refractivity contribution in [3.05, 3.63) is 35.5 Å². The second-order valence-electron chi connectivity index (χ2n) is 4.25. The number of rotatable bonds is 4. The topological polar surface area (TPSA) is 48.1 Å². The van der Waals surface area contributed by atoms with Crippen molar-refractivity contribution in [2.24, 2.45) is 5.73 Å². The van der Waals surface area contributed by atoms with Gasteiger partial charge in [-0.25, -0.2) is 0 Å². The van der Waals surface area contributed by atoms with E-state index in [1.165, 1.54) is 5.56 Å². The summed E-state index contributed by atoms with van der Waals surface area (Å²) >= 11 is 0. The number of ether oxygens (including phenoxy) is 1. The molecular weight excluding hydrogens is 212 g/mol. The zero-order valence-electron chi connectivity index (χ0n) is 10.4. The van der Waals surface area contributed by atoms with Crippen molar-refractivity contribution in [1.29, 1.82) is 0 Å². The molecule has 1 heterocycles. The second kappa shape index (κ2) is 5.15. The normalized spacial score (nSPS) is 10.8. The number of hydrogen-bond acceptors (Lipinski definition) is 3. The van der Waals surface area contributed by atoms with Gasteiger partial charge in [-0.05, 0) is 56.6 Å². The second-order valence-corrected chi connectivity index (χ2v) is 4.25. The Labute approximate surface area is 102 Å². The van der Waals surface area contributed by atoms with Gasteiger partial charge in [0.05, 0.1) is 12.1 Å². The first-order valence-corrected chi connectivity index (χ1v) is 5.91. The number of nitrogens with zero attached hydrogens (tertiary/aromatic N) is 1. The maximum atomic E-state index is 5.63. The molecule has 3 heteroatoms. The Balaban J connectivity index is 2.30. The minimum atomic E-state index is 0.660. The fraction of sp³-hybridized carbons (Fsp3) is 0.357. The highest BCUT2D eigenvalue weighted by molar-refractivity contribution is 5.83. The van der Waals surface area contributed by atoms with Crippen LogP contribution in [0.3, 0.4) is 0 Å². The van der Waals surface area contributed by atoms with Gasteiger partial charge >= 0.3 is 0 Å². The van der Waals surface area contributed by atoms with Crippen LogP contribution in [0, 0.1) is 13.8 Å². The van der Waals surface area contributed by atoms with Gasteiger partial charge in [0.1, 0.15) is 5.75 Å². The van der Waals surface area contributed by atoms with Gasteiger partial charge in [-0.3, -0.25) is 4.98 Å². The van der Waals surface area contributed by atoms with E-state index in [1.54, 1.807) is 0 Å². The van der Waals surface area contributed by atoms with Crippen molar-refractivity contribution >= 4 is 10.9 Å². The predicted molar refractivity (Wildman–Crippen MR) is 70.4 cm³/mol. The van der Waals surface area contributed by atoms with Crippen LogP contribution in [0.1, 0.15) is 17.7 Å². The van der Waals surface area contributed by atoms with Gasteiger partial charge in [-0.1, -0.05) is 0 Å². The molecule has 0 radical (unpaired) electrons. The lowest BCUT2D eigenvalue weighted by atomic mass is 10.1. The van der Waals surface area contributed by atoms with Crippen LogP contribution in [0.15, 0.2) is 24.3 Å². The molecule has 1 aromatic carbocycles. The first-order chi connectivity index (χ1) is 8.20. The summed E-state index contributed by atoms with van der Waals surface area (Å²) in [4.78, 5) is 4.50. The maximum absolute atomic E-state index is 5.63. The van der Waals surface area contributed by atoms with Crippen molar-refractivity contribution in [1.82, 2.24) is 4.98 Å². The number of benzene rings is 1. The van der Waals surface area contributed by atoms with Gasteiger partial charge in [0, 0.05) is 11.1 Å². The van der Waals surface area contributed by atoms with Gasteiger partial charge in [-0.15, -0.1) is 0 Å². The predicted octanol–water partition coefficient (Wildman–Crippen LogP) is 2.58. The van der Waals surface area contributed by atoms with Crippen molar-refractivity contribution in [2.45, 2.75) is 20.3 Å². The quantitative estimate of drug-likeness (QED) is 0.821. The van der Waals surface area contributed by atoms with Crippen LogP contribution in [-0.2, 0) is 0 Å². The minimum Gasteiger partial charge on any atom is -0.494 e. The van der Waals surface area contributed by atoms with Gasteiger partial charge in [0.25, 0.3) is 0 Å². The largest absolute Gasteiger partial charge is 0.494 e. The van der Waals surface area contributed by atoms with Crippen LogP contribution < -0.4 is 10.5 Å². The van der Waals surface area contributed by atoms with E-state index in [0.717, 1.165) is 28.8 Å². The molecule has 0 bridgehead atoms. The smallest absolute Gasteiger partial charge is 0.120 e. The first kappa shape index (κ1) is 11.9. The van der Waals surface area contributed by atoms with Crippen LogP contribution in [0.2, 0.25) is 0 Å². The summed E-state index contributed by atoms with van der Waals surface area (Å²) in [6.45, 7) is 5.44. The highest BCUT2D eigenvalue weighted by Crippen LogP contribution is 2.23. The first-order valence-electron chi connectivity index (χ1n) is 5.91. The molecule has 0 saturated carbocycles. The average molecular weight is 230 g/mol. The van der Waals surface area contributed by atoms with E-state index in [9.17, 15) is 0 Å². The van der Waals surface area contributed by atoms with E-state index in [4.69, 9.17) is 10.5 Å². The van der Waals surface area contributed by atoms with E-state index in [1.807, 2.05) is 25.1 Å². The monoisotopic (exact) mass is 230 g/mol. The summed E-state index contributed by atoms with van der Waals surface area (Å²) in [7, 11) is 0. The number of aromatic nitrogens is 1. The van der Waals surface area contributed by atoms with Crippen LogP contribution in [-0.4, -0.2) is 18.1 Å². The highest BCUT2D eigenvalue weighted by atomic mass is 16.5. The Kier molecular flexibility index (Phi) is 3.59. The molecule has 0 aliphatic heterocycles. The molecule has 2 aromatic rings. The molecule has 1 aromatic heterocycles. The van der Waals surface area contributed by atoms with Crippen LogP contribution >= 0.6 is 0 Å². The highest BCUT2D eigenvalue weighted by Gasteiger charge is 2.02. The summed E-state index contributed by atoms with van der Waals surface area (Å²) in [5, 5.41) is 1.15. The Morgan fingerprint density at radius 2 is 2.06 bits per heavy atom. The Morgan fingerprint density at radius 1 is 1.24 bits per heavy atom. The molecular formula is C14H18N2O. The molecule has 0 amide bonds. The molecule has 2 rings (SSSR count). The number of aryl methyl sites for hydroxylation is 2. The van der Waals surface area contributed by atoms with Gasteiger partial charge in [-0.2, -0.15) is 0 Å². The minimum absolute atomic E-state index is 0.660. The van der Waals surface area contributed by atoms with Crippen LogP contribution in [0.5, 0.6) is 5.75 Å². The fourth-order valence-electron chi connectivity index (χ4n) is 1.90. The number of hydrogen-bond donors (Lipinski definition) is 1. The SMILES string of the molecule is Cc1cc(C)c2cc(OCCCN)ccc2n1. The summed E-state index contributed by atoms with van der Waals surface area (Å²) < 4.78 is 5.63. The molecule has 0 aliphatic carbocycles. The number of nitrogens with two attached hydrogens (primary N) is 1. The van der Waals surface area contributed by atoms with E-state index in [-0.39, 0.29) is 0 Å². The number of fused-ring (bicyclic) bond motifs is 1. The van der Waals surface area contributed by atoms with E-state index in [2.05, 4.69) is 18.0 Å². The summed E-state index contributed by atoms with van der Waals surface area (Å²) in [6, 6.07) is 8.11. The third kappa shape index (κ3) is 2.74. The van der Waals surface area contributed by atoms with Crippen LogP contribution in [0.25, 0.3) is 10.9 Å². The lowest BCUT2D eigenvalue weighted by Gasteiger charge is -2.08. The molecule has 0 unspecified atom stereocenters. The molecule has 17 heavy (non-hydrogen) atoms. The van der Waals surface area contributed by atoms with Crippen molar-refractivity contribution in [2.75, 3.05) is 13.2 Å². The molecule has 0 fully saturated rings.